The molecule has 0 aromatic rings. The fourth-order valence-corrected chi connectivity index (χ4v) is 3.17. The van der Waals surface area contributed by atoms with Crippen LogP contribution in [0, 0.1) is 0 Å². The largest absolute Gasteiger partial charge is 0.184 e. The third-order valence-corrected chi connectivity index (χ3v) is 2.70. The second-order valence-corrected chi connectivity index (χ2v) is 5.24. The van der Waals surface area contributed by atoms with Gasteiger partial charge in [-0.3, -0.25) is 0 Å². The SMILES string of the molecule is CC(S)B(C(C)S)C(C)S. The first-order valence-corrected chi connectivity index (χ1v) is 5.06. The molecule has 3 unspecified atom stereocenters. The van der Waals surface area contributed by atoms with Gasteiger partial charge >= 0.3 is 0 Å². The first kappa shape index (κ1) is 11.1. The predicted octanol–water partition coefficient (Wildman–Crippen LogP) is 2.05. The Balaban J connectivity index is 3.98. The maximum Gasteiger partial charge on any atom is 0.182 e. The average molecular weight is 194 g/mol. The third kappa shape index (κ3) is 3.49. The van der Waals surface area contributed by atoms with Crippen molar-refractivity contribution in [2.45, 2.75) is 36.2 Å². The Morgan fingerprint density at radius 2 is 1.00 bits per heavy atom. The second-order valence-electron chi connectivity index (χ2n) is 2.80. The molecule has 0 heterocycles. The summed E-state index contributed by atoms with van der Waals surface area (Å²) in [5.74, 6) is 0. The van der Waals surface area contributed by atoms with Gasteiger partial charge in [0.25, 0.3) is 0 Å². The Labute approximate surface area is 80.9 Å². The molecule has 0 amide bonds. The molecule has 0 rings (SSSR count). The van der Waals surface area contributed by atoms with Crippen LogP contribution < -0.4 is 0 Å². The summed E-state index contributed by atoms with van der Waals surface area (Å²) < 4.78 is 0. The molecule has 0 aliphatic carbocycles. The van der Waals surface area contributed by atoms with Gasteiger partial charge < -0.3 is 0 Å². The molecule has 3 atom stereocenters. The Morgan fingerprint density at radius 3 is 1.00 bits per heavy atom. The van der Waals surface area contributed by atoms with Gasteiger partial charge in [0.15, 0.2) is 6.71 Å². The van der Waals surface area contributed by atoms with Crippen molar-refractivity contribution in [3.05, 3.63) is 0 Å². The van der Waals surface area contributed by atoms with Crippen LogP contribution in [0.1, 0.15) is 20.8 Å². The number of thiol groups is 3. The van der Waals surface area contributed by atoms with Crippen molar-refractivity contribution in [2.24, 2.45) is 0 Å². The highest BCUT2D eigenvalue weighted by Crippen LogP contribution is 2.15. The van der Waals surface area contributed by atoms with E-state index in [4.69, 9.17) is 0 Å². The van der Waals surface area contributed by atoms with Gasteiger partial charge in [-0.2, -0.15) is 37.9 Å². The summed E-state index contributed by atoms with van der Waals surface area (Å²) in [5.41, 5.74) is 0. The minimum Gasteiger partial charge on any atom is -0.184 e. The lowest BCUT2D eigenvalue weighted by Crippen LogP contribution is -2.40. The normalized spacial score (nSPS) is 19.8. The van der Waals surface area contributed by atoms with E-state index in [-0.39, 0.29) is 0 Å². The quantitative estimate of drug-likeness (QED) is 0.444. The van der Waals surface area contributed by atoms with E-state index < -0.39 is 0 Å². The van der Waals surface area contributed by atoms with E-state index >= 15 is 0 Å². The fourth-order valence-electron chi connectivity index (χ4n) is 1.21. The van der Waals surface area contributed by atoms with Crippen molar-refractivity contribution in [3.63, 3.8) is 0 Å². The van der Waals surface area contributed by atoms with Crippen LogP contribution in [-0.4, -0.2) is 22.2 Å². The zero-order valence-corrected chi connectivity index (χ0v) is 9.33. The van der Waals surface area contributed by atoms with Gasteiger partial charge in [0, 0.05) is 0 Å². The molecule has 0 saturated carbocycles. The smallest absolute Gasteiger partial charge is 0.182 e. The average Bonchev–Trinajstić information content (AvgIpc) is 1.59. The molecule has 0 aliphatic rings. The molecule has 0 bridgehead atoms. The molecule has 0 fully saturated rings. The monoisotopic (exact) mass is 194 g/mol. The van der Waals surface area contributed by atoms with E-state index in [1.54, 1.807) is 0 Å². The Hall–Kier alpha value is 1.11. The Kier molecular flexibility index (Phi) is 5.43. The van der Waals surface area contributed by atoms with Crippen LogP contribution in [0.4, 0.5) is 0 Å². The molecule has 0 radical (unpaired) electrons. The van der Waals surface area contributed by atoms with Crippen molar-refractivity contribution in [1.82, 2.24) is 0 Å². The van der Waals surface area contributed by atoms with Crippen LogP contribution >= 0.6 is 37.9 Å². The predicted molar refractivity (Wildman–Crippen MR) is 61.1 cm³/mol. The highest BCUT2D eigenvalue weighted by molar-refractivity contribution is 7.88. The van der Waals surface area contributed by atoms with Gasteiger partial charge in [-0.05, 0) is 15.4 Å². The highest BCUT2D eigenvalue weighted by atomic mass is 32.1. The fraction of sp³-hybridized carbons (Fsp3) is 1.00. The van der Waals surface area contributed by atoms with E-state index in [1.165, 1.54) is 0 Å². The third-order valence-electron chi connectivity index (χ3n) is 1.67. The molecular formula is C6H15BS3. The lowest BCUT2D eigenvalue weighted by molar-refractivity contribution is 1.17. The van der Waals surface area contributed by atoms with Crippen molar-refractivity contribution >= 4 is 44.6 Å². The summed E-state index contributed by atoms with van der Waals surface area (Å²) in [6.45, 7) is 6.75. The molecule has 0 aromatic carbocycles. The van der Waals surface area contributed by atoms with Crippen LogP contribution in [0.3, 0.4) is 0 Å². The summed E-state index contributed by atoms with van der Waals surface area (Å²) in [4.78, 5) is 0. The lowest BCUT2D eigenvalue weighted by Gasteiger charge is -2.22. The van der Waals surface area contributed by atoms with Gasteiger partial charge in [-0.15, -0.1) is 0 Å². The van der Waals surface area contributed by atoms with E-state index in [2.05, 4.69) is 58.7 Å². The number of hydrogen-bond donors (Lipinski definition) is 3. The van der Waals surface area contributed by atoms with Gasteiger partial charge in [0.05, 0.1) is 0 Å². The molecule has 0 saturated heterocycles. The Bertz CT molecular complexity index is 74.0. The molecule has 0 N–H and O–H groups in total. The molecule has 0 nitrogen and oxygen atoms in total. The van der Waals surface area contributed by atoms with Crippen LogP contribution in [0.25, 0.3) is 0 Å². The van der Waals surface area contributed by atoms with E-state index in [0.717, 1.165) is 0 Å². The van der Waals surface area contributed by atoms with Crippen molar-refractivity contribution in [1.29, 1.82) is 0 Å². The molecule has 0 aliphatic heterocycles. The first-order valence-electron chi connectivity index (χ1n) is 3.51. The second kappa shape index (κ2) is 4.89. The number of rotatable bonds is 3. The van der Waals surface area contributed by atoms with Crippen LogP contribution in [0.15, 0.2) is 0 Å². The summed E-state index contributed by atoms with van der Waals surface area (Å²) in [7, 11) is 0. The van der Waals surface area contributed by atoms with Gasteiger partial charge in [-0.25, -0.2) is 0 Å². The van der Waals surface area contributed by atoms with Crippen molar-refractivity contribution in [3.8, 4) is 0 Å². The highest BCUT2D eigenvalue weighted by Gasteiger charge is 2.27. The maximum absolute atomic E-state index is 4.37. The molecule has 10 heavy (non-hydrogen) atoms. The lowest BCUT2D eigenvalue weighted by atomic mass is 9.42. The minimum absolute atomic E-state index is 0.375. The van der Waals surface area contributed by atoms with E-state index in [0.29, 0.717) is 22.2 Å². The molecule has 4 heteroatoms. The maximum atomic E-state index is 4.37. The molecule has 0 aromatic heterocycles. The summed E-state index contributed by atoms with van der Waals surface area (Å²) in [6, 6.07) is 0. The molecule has 60 valence electrons. The van der Waals surface area contributed by atoms with Crippen LogP contribution in [0.2, 0.25) is 0 Å². The standard InChI is InChI=1S/C6H15BS3/c1-4(8)7(5(2)9)6(3)10/h4-6,8-10H,1-3H3. The van der Waals surface area contributed by atoms with Gasteiger partial charge in [0.1, 0.15) is 0 Å². The topological polar surface area (TPSA) is 0 Å². The summed E-state index contributed by atoms with van der Waals surface area (Å²) in [6.07, 6.45) is 0. The van der Waals surface area contributed by atoms with Gasteiger partial charge in [0.2, 0.25) is 0 Å². The molecule has 0 spiro atoms. The number of hydrogen-bond acceptors (Lipinski definition) is 3. The molecular weight excluding hydrogens is 179 g/mol. The zero-order valence-electron chi connectivity index (χ0n) is 6.65. The zero-order chi connectivity index (χ0) is 8.31. The van der Waals surface area contributed by atoms with Crippen LogP contribution in [0.5, 0.6) is 0 Å². The summed E-state index contributed by atoms with van der Waals surface area (Å²) >= 11 is 13.1. The first-order chi connectivity index (χ1) is 4.46. The van der Waals surface area contributed by atoms with E-state index in [1.807, 2.05) is 0 Å². The van der Waals surface area contributed by atoms with Gasteiger partial charge in [-0.1, -0.05) is 20.8 Å². The van der Waals surface area contributed by atoms with E-state index in [9.17, 15) is 0 Å². The van der Waals surface area contributed by atoms with Crippen molar-refractivity contribution in [2.75, 3.05) is 0 Å². The summed E-state index contributed by atoms with van der Waals surface area (Å²) in [5, 5.41) is 1.12. The Morgan fingerprint density at radius 1 is 0.800 bits per heavy atom. The van der Waals surface area contributed by atoms with Crippen LogP contribution in [-0.2, 0) is 0 Å². The minimum atomic E-state index is 0.375. The van der Waals surface area contributed by atoms with Crippen molar-refractivity contribution < 1.29 is 0 Å².